The minimum atomic E-state index is -0.179. The van der Waals surface area contributed by atoms with Crippen molar-refractivity contribution in [1.82, 2.24) is 5.32 Å². The largest absolute Gasteiger partial charge is 0.311 e. The summed E-state index contributed by atoms with van der Waals surface area (Å²) in [6.45, 7) is 3.23. The molecule has 100 valence electrons. The molecule has 1 unspecified atom stereocenters. The molecule has 1 aliphatic rings. The summed E-state index contributed by atoms with van der Waals surface area (Å²) in [7, 11) is 0. The SMILES string of the molecule is CCC1(Cc2ccc(Cl)cc2F)CCCCCN1. The zero-order chi connectivity index (χ0) is 13.0. The highest BCUT2D eigenvalue weighted by Gasteiger charge is 2.29. The number of benzene rings is 1. The first-order chi connectivity index (χ1) is 8.65. The maximum absolute atomic E-state index is 13.9. The first kappa shape index (κ1) is 13.8. The summed E-state index contributed by atoms with van der Waals surface area (Å²) < 4.78 is 13.9. The fourth-order valence-electron chi connectivity index (χ4n) is 2.81. The van der Waals surface area contributed by atoms with Crippen molar-refractivity contribution in [2.45, 2.75) is 51.0 Å². The number of nitrogens with one attached hydrogen (secondary N) is 1. The maximum Gasteiger partial charge on any atom is 0.127 e. The zero-order valence-corrected chi connectivity index (χ0v) is 11.7. The minimum absolute atomic E-state index is 0.0607. The van der Waals surface area contributed by atoms with Crippen LogP contribution in [0.2, 0.25) is 5.02 Å². The molecule has 0 saturated carbocycles. The number of hydrogen-bond acceptors (Lipinski definition) is 1. The molecule has 1 N–H and O–H groups in total. The Kier molecular flexibility index (Phi) is 4.63. The smallest absolute Gasteiger partial charge is 0.127 e. The molecular weight excluding hydrogens is 249 g/mol. The van der Waals surface area contributed by atoms with E-state index >= 15 is 0 Å². The van der Waals surface area contributed by atoms with Crippen molar-refractivity contribution in [2.75, 3.05) is 6.54 Å². The van der Waals surface area contributed by atoms with Gasteiger partial charge in [0.25, 0.3) is 0 Å². The molecule has 1 heterocycles. The Labute approximate surface area is 114 Å². The van der Waals surface area contributed by atoms with E-state index in [1.54, 1.807) is 6.07 Å². The van der Waals surface area contributed by atoms with Gasteiger partial charge in [-0.15, -0.1) is 0 Å². The van der Waals surface area contributed by atoms with Crippen LogP contribution in [0.4, 0.5) is 4.39 Å². The molecule has 0 radical (unpaired) electrons. The standard InChI is InChI=1S/C15H21ClFN/c1-2-15(8-4-3-5-9-18-15)11-12-6-7-13(16)10-14(12)17/h6-7,10,18H,2-5,8-9,11H2,1H3. The molecule has 1 nitrogen and oxygen atoms in total. The van der Waals surface area contributed by atoms with E-state index in [2.05, 4.69) is 12.2 Å². The van der Waals surface area contributed by atoms with E-state index in [0.29, 0.717) is 5.02 Å². The normalized spacial score (nSPS) is 24.8. The van der Waals surface area contributed by atoms with Gasteiger partial charge in [0.15, 0.2) is 0 Å². The highest BCUT2D eigenvalue weighted by atomic mass is 35.5. The van der Waals surface area contributed by atoms with Crippen LogP contribution < -0.4 is 5.32 Å². The second-order valence-corrected chi connectivity index (χ2v) is 5.72. The molecule has 1 saturated heterocycles. The van der Waals surface area contributed by atoms with Gasteiger partial charge in [0.2, 0.25) is 0 Å². The lowest BCUT2D eigenvalue weighted by Crippen LogP contribution is -2.46. The van der Waals surface area contributed by atoms with E-state index in [0.717, 1.165) is 31.4 Å². The van der Waals surface area contributed by atoms with Crippen molar-refractivity contribution in [2.24, 2.45) is 0 Å². The van der Waals surface area contributed by atoms with Gasteiger partial charge in [-0.1, -0.05) is 37.4 Å². The molecule has 2 rings (SSSR count). The van der Waals surface area contributed by atoms with Crippen molar-refractivity contribution in [3.63, 3.8) is 0 Å². The summed E-state index contributed by atoms with van der Waals surface area (Å²) >= 11 is 5.80. The quantitative estimate of drug-likeness (QED) is 0.861. The van der Waals surface area contributed by atoms with Crippen LogP contribution in [0.1, 0.15) is 44.6 Å². The molecule has 1 fully saturated rings. The Morgan fingerprint density at radius 2 is 2.17 bits per heavy atom. The van der Waals surface area contributed by atoms with E-state index in [9.17, 15) is 4.39 Å². The fraction of sp³-hybridized carbons (Fsp3) is 0.600. The van der Waals surface area contributed by atoms with Gasteiger partial charge < -0.3 is 5.32 Å². The van der Waals surface area contributed by atoms with E-state index in [1.165, 1.54) is 25.3 Å². The van der Waals surface area contributed by atoms with Crippen LogP contribution in [0.25, 0.3) is 0 Å². The molecule has 0 bridgehead atoms. The van der Waals surface area contributed by atoms with Crippen LogP contribution in [0, 0.1) is 5.82 Å². The van der Waals surface area contributed by atoms with Crippen LogP contribution in [-0.2, 0) is 6.42 Å². The Morgan fingerprint density at radius 3 is 2.89 bits per heavy atom. The van der Waals surface area contributed by atoms with E-state index < -0.39 is 0 Å². The van der Waals surface area contributed by atoms with Gasteiger partial charge in [0.1, 0.15) is 5.82 Å². The predicted octanol–water partition coefficient (Wildman–Crippen LogP) is 4.33. The zero-order valence-electron chi connectivity index (χ0n) is 10.9. The third kappa shape index (κ3) is 3.24. The molecule has 18 heavy (non-hydrogen) atoms. The summed E-state index contributed by atoms with van der Waals surface area (Å²) in [5.74, 6) is -0.179. The molecular formula is C15H21ClFN. The average Bonchev–Trinajstić information content (AvgIpc) is 2.59. The van der Waals surface area contributed by atoms with Crippen LogP contribution in [0.5, 0.6) is 0 Å². The summed E-state index contributed by atoms with van der Waals surface area (Å²) in [4.78, 5) is 0. The second-order valence-electron chi connectivity index (χ2n) is 5.28. The minimum Gasteiger partial charge on any atom is -0.311 e. The second kappa shape index (κ2) is 6.03. The molecule has 1 aliphatic heterocycles. The molecule has 0 spiro atoms. The van der Waals surface area contributed by atoms with Crippen LogP contribution in [0.15, 0.2) is 18.2 Å². The molecule has 0 aromatic heterocycles. The van der Waals surface area contributed by atoms with Gasteiger partial charge in [0, 0.05) is 10.6 Å². The van der Waals surface area contributed by atoms with Crippen molar-refractivity contribution >= 4 is 11.6 Å². The first-order valence-electron chi connectivity index (χ1n) is 6.84. The van der Waals surface area contributed by atoms with Gasteiger partial charge in [-0.05, 0) is 49.9 Å². The molecule has 1 atom stereocenters. The highest BCUT2D eigenvalue weighted by molar-refractivity contribution is 6.30. The molecule has 1 aromatic carbocycles. The van der Waals surface area contributed by atoms with E-state index in [4.69, 9.17) is 11.6 Å². The Balaban J connectivity index is 2.18. The van der Waals surface area contributed by atoms with Crippen molar-refractivity contribution < 1.29 is 4.39 Å². The topological polar surface area (TPSA) is 12.0 Å². The van der Waals surface area contributed by atoms with E-state index in [-0.39, 0.29) is 11.4 Å². The van der Waals surface area contributed by atoms with Gasteiger partial charge in [-0.25, -0.2) is 4.39 Å². The summed E-state index contributed by atoms with van der Waals surface area (Å²) in [5, 5.41) is 4.10. The van der Waals surface area contributed by atoms with Gasteiger partial charge in [-0.3, -0.25) is 0 Å². The van der Waals surface area contributed by atoms with Crippen molar-refractivity contribution in [3.8, 4) is 0 Å². The number of halogens is 2. The lowest BCUT2D eigenvalue weighted by atomic mass is 9.84. The highest BCUT2D eigenvalue weighted by Crippen LogP contribution is 2.28. The van der Waals surface area contributed by atoms with Crippen molar-refractivity contribution in [1.29, 1.82) is 0 Å². The third-order valence-electron chi connectivity index (χ3n) is 4.05. The fourth-order valence-corrected chi connectivity index (χ4v) is 2.97. The maximum atomic E-state index is 13.9. The summed E-state index contributed by atoms with van der Waals surface area (Å²) in [5.41, 5.74) is 0.834. The van der Waals surface area contributed by atoms with Crippen molar-refractivity contribution in [3.05, 3.63) is 34.6 Å². The summed E-state index contributed by atoms with van der Waals surface area (Å²) in [6.07, 6.45) is 6.66. The predicted molar refractivity (Wildman–Crippen MR) is 74.6 cm³/mol. The van der Waals surface area contributed by atoms with Gasteiger partial charge in [0.05, 0.1) is 0 Å². The van der Waals surface area contributed by atoms with E-state index in [1.807, 2.05) is 6.07 Å². The Bertz CT molecular complexity index is 397. The molecule has 0 amide bonds. The monoisotopic (exact) mass is 269 g/mol. The van der Waals surface area contributed by atoms with Gasteiger partial charge >= 0.3 is 0 Å². The van der Waals surface area contributed by atoms with Crippen LogP contribution in [-0.4, -0.2) is 12.1 Å². The van der Waals surface area contributed by atoms with Crippen LogP contribution in [0.3, 0.4) is 0 Å². The number of rotatable bonds is 3. The average molecular weight is 270 g/mol. The Morgan fingerprint density at radius 1 is 1.33 bits per heavy atom. The first-order valence-corrected chi connectivity index (χ1v) is 7.22. The lowest BCUT2D eigenvalue weighted by Gasteiger charge is -2.33. The lowest BCUT2D eigenvalue weighted by molar-refractivity contribution is 0.299. The van der Waals surface area contributed by atoms with Gasteiger partial charge in [-0.2, -0.15) is 0 Å². The number of hydrogen-bond donors (Lipinski definition) is 1. The molecule has 1 aromatic rings. The molecule has 3 heteroatoms. The Hall–Kier alpha value is -0.600. The third-order valence-corrected chi connectivity index (χ3v) is 4.29. The molecule has 0 aliphatic carbocycles. The summed E-state index contributed by atoms with van der Waals surface area (Å²) in [6, 6.07) is 5.01. The van der Waals surface area contributed by atoms with Crippen LogP contribution >= 0.6 is 11.6 Å².